The van der Waals surface area contributed by atoms with Gasteiger partial charge in [0.15, 0.2) is 0 Å². The summed E-state index contributed by atoms with van der Waals surface area (Å²) < 4.78 is 15.3. The van der Waals surface area contributed by atoms with Crippen LogP contribution in [0.5, 0.6) is 0 Å². The molecule has 2 aromatic rings. The smallest absolute Gasteiger partial charge is 0.130 e. The topological polar surface area (TPSA) is 41.3 Å². The van der Waals surface area contributed by atoms with E-state index in [0.29, 0.717) is 17.8 Å². The quantitative estimate of drug-likeness (QED) is 0.896. The van der Waals surface area contributed by atoms with Gasteiger partial charge in [0.05, 0.1) is 12.8 Å². The van der Waals surface area contributed by atoms with Gasteiger partial charge < -0.3 is 10.0 Å². The SMILES string of the molecule is CN(Cc1cnn(C)c1)c1cccc(F)c1CO. The van der Waals surface area contributed by atoms with Gasteiger partial charge in [0.2, 0.25) is 0 Å². The Morgan fingerprint density at radius 3 is 2.83 bits per heavy atom. The summed E-state index contributed by atoms with van der Waals surface area (Å²) in [5.41, 5.74) is 2.05. The van der Waals surface area contributed by atoms with Crippen molar-refractivity contribution in [2.75, 3.05) is 11.9 Å². The minimum absolute atomic E-state index is 0.306. The summed E-state index contributed by atoms with van der Waals surface area (Å²) in [5, 5.41) is 13.3. The number of nitrogens with zero attached hydrogens (tertiary/aromatic N) is 3. The maximum atomic E-state index is 13.6. The lowest BCUT2D eigenvalue weighted by Crippen LogP contribution is -2.18. The van der Waals surface area contributed by atoms with Crippen LogP contribution < -0.4 is 4.90 Å². The number of anilines is 1. The molecule has 0 aliphatic carbocycles. The van der Waals surface area contributed by atoms with Crippen molar-refractivity contribution < 1.29 is 9.50 Å². The third-order valence-electron chi connectivity index (χ3n) is 2.84. The second-order valence-corrected chi connectivity index (χ2v) is 4.27. The van der Waals surface area contributed by atoms with Crippen LogP contribution in [0.25, 0.3) is 0 Å². The molecule has 4 nitrogen and oxygen atoms in total. The number of aromatic nitrogens is 2. The number of hydrogen-bond donors (Lipinski definition) is 1. The van der Waals surface area contributed by atoms with Crippen LogP contribution in [-0.2, 0) is 20.2 Å². The molecule has 0 radical (unpaired) electrons. The fourth-order valence-corrected chi connectivity index (χ4v) is 1.97. The zero-order chi connectivity index (χ0) is 13.1. The normalized spacial score (nSPS) is 10.7. The van der Waals surface area contributed by atoms with Crippen LogP contribution in [0.1, 0.15) is 11.1 Å². The van der Waals surface area contributed by atoms with Crippen LogP contribution in [-0.4, -0.2) is 21.9 Å². The average molecular weight is 249 g/mol. The van der Waals surface area contributed by atoms with E-state index in [0.717, 1.165) is 5.56 Å². The summed E-state index contributed by atoms with van der Waals surface area (Å²) in [6.45, 7) is 0.309. The first-order valence-corrected chi connectivity index (χ1v) is 5.68. The Bertz CT molecular complexity index is 539. The summed E-state index contributed by atoms with van der Waals surface area (Å²) in [5.74, 6) is -0.381. The van der Waals surface area contributed by atoms with Gasteiger partial charge in [-0.05, 0) is 12.1 Å². The van der Waals surface area contributed by atoms with E-state index in [-0.39, 0.29) is 12.4 Å². The van der Waals surface area contributed by atoms with E-state index in [4.69, 9.17) is 0 Å². The molecule has 18 heavy (non-hydrogen) atoms. The fraction of sp³-hybridized carbons (Fsp3) is 0.308. The molecule has 0 saturated heterocycles. The lowest BCUT2D eigenvalue weighted by molar-refractivity contribution is 0.276. The standard InChI is InChI=1S/C13H16FN3O/c1-16(7-10-6-15-17(2)8-10)13-5-3-4-12(14)11(13)9-18/h3-6,8,18H,7,9H2,1-2H3. The minimum atomic E-state index is -0.381. The van der Waals surface area contributed by atoms with Crippen molar-refractivity contribution in [2.45, 2.75) is 13.2 Å². The number of aliphatic hydroxyl groups is 1. The first-order valence-electron chi connectivity index (χ1n) is 5.68. The van der Waals surface area contributed by atoms with Gasteiger partial charge in [0.25, 0.3) is 0 Å². The van der Waals surface area contributed by atoms with Gasteiger partial charge in [-0.25, -0.2) is 4.39 Å². The summed E-state index contributed by atoms with van der Waals surface area (Å²) in [6.07, 6.45) is 3.68. The van der Waals surface area contributed by atoms with Crippen LogP contribution in [0.4, 0.5) is 10.1 Å². The molecule has 0 saturated carbocycles. The number of aryl methyl sites for hydroxylation is 1. The van der Waals surface area contributed by atoms with Crippen molar-refractivity contribution in [1.29, 1.82) is 0 Å². The molecule has 2 rings (SSSR count). The Hall–Kier alpha value is -1.88. The molecule has 1 aromatic heterocycles. The van der Waals surface area contributed by atoms with Crippen molar-refractivity contribution >= 4 is 5.69 Å². The third-order valence-corrected chi connectivity index (χ3v) is 2.84. The van der Waals surface area contributed by atoms with Crippen LogP contribution in [0, 0.1) is 5.82 Å². The largest absolute Gasteiger partial charge is 0.391 e. The molecule has 0 fully saturated rings. The molecule has 0 spiro atoms. The fourth-order valence-electron chi connectivity index (χ4n) is 1.97. The predicted molar refractivity (Wildman–Crippen MR) is 67.6 cm³/mol. The Morgan fingerprint density at radius 2 is 2.22 bits per heavy atom. The van der Waals surface area contributed by atoms with Crippen LogP contribution in [0.3, 0.4) is 0 Å². The predicted octanol–water partition coefficient (Wildman–Crippen LogP) is 1.69. The summed E-state index contributed by atoms with van der Waals surface area (Å²) >= 11 is 0. The van der Waals surface area contributed by atoms with Gasteiger partial charge in [0, 0.05) is 43.7 Å². The molecule has 1 N–H and O–H groups in total. The van der Waals surface area contributed by atoms with E-state index < -0.39 is 0 Å². The second kappa shape index (κ2) is 5.18. The molecule has 0 unspecified atom stereocenters. The number of halogens is 1. The highest BCUT2D eigenvalue weighted by molar-refractivity contribution is 5.53. The maximum Gasteiger partial charge on any atom is 0.130 e. The van der Waals surface area contributed by atoms with Crippen LogP contribution in [0.2, 0.25) is 0 Å². The molecular weight excluding hydrogens is 233 g/mol. The first kappa shape index (κ1) is 12.6. The van der Waals surface area contributed by atoms with E-state index in [9.17, 15) is 9.50 Å². The van der Waals surface area contributed by atoms with Gasteiger partial charge in [-0.15, -0.1) is 0 Å². The Morgan fingerprint density at radius 1 is 1.44 bits per heavy atom. The Balaban J connectivity index is 2.23. The van der Waals surface area contributed by atoms with Gasteiger partial charge in [-0.1, -0.05) is 6.07 Å². The van der Waals surface area contributed by atoms with E-state index in [1.807, 2.05) is 25.2 Å². The van der Waals surface area contributed by atoms with Crippen molar-refractivity contribution in [3.8, 4) is 0 Å². The second-order valence-electron chi connectivity index (χ2n) is 4.27. The minimum Gasteiger partial charge on any atom is -0.391 e. The van der Waals surface area contributed by atoms with Gasteiger partial charge in [-0.3, -0.25) is 4.68 Å². The number of rotatable bonds is 4. The van der Waals surface area contributed by atoms with Crippen molar-refractivity contribution in [1.82, 2.24) is 9.78 Å². The van der Waals surface area contributed by atoms with E-state index in [1.165, 1.54) is 6.07 Å². The highest BCUT2D eigenvalue weighted by atomic mass is 19.1. The van der Waals surface area contributed by atoms with Gasteiger partial charge >= 0.3 is 0 Å². The van der Waals surface area contributed by atoms with E-state index in [2.05, 4.69) is 5.10 Å². The van der Waals surface area contributed by atoms with Gasteiger partial charge in [-0.2, -0.15) is 5.10 Å². The van der Waals surface area contributed by atoms with E-state index >= 15 is 0 Å². The van der Waals surface area contributed by atoms with Crippen LogP contribution >= 0.6 is 0 Å². The molecule has 0 atom stereocenters. The molecule has 0 aliphatic heterocycles. The maximum absolute atomic E-state index is 13.6. The zero-order valence-electron chi connectivity index (χ0n) is 10.5. The molecule has 0 aliphatic rings. The zero-order valence-corrected chi connectivity index (χ0v) is 10.5. The van der Waals surface area contributed by atoms with Crippen molar-refractivity contribution in [3.05, 3.63) is 47.5 Å². The lowest BCUT2D eigenvalue weighted by Gasteiger charge is -2.21. The molecular formula is C13H16FN3O. The molecule has 1 heterocycles. The first-order chi connectivity index (χ1) is 8.61. The molecule has 1 aromatic carbocycles. The van der Waals surface area contributed by atoms with Gasteiger partial charge in [0.1, 0.15) is 5.82 Å². The van der Waals surface area contributed by atoms with Crippen molar-refractivity contribution in [3.63, 3.8) is 0 Å². The highest BCUT2D eigenvalue weighted by Gasteiger charge is 2.11. The Kier molecular flexibility index (Phi) is 3.62. The monoisotopic (exact) mass is 249 g/mol. The molecule has 0 bridgehead atoms. The summed E-state index contributed by atoms with van der Waals surface area (Å²) in [7, 11) is 3.71. The average Bonchev–Trinajstić information content (AvgIpc) is 2.74. The molecule has 5 heteroatoms. The molecule has 96 valence electrons. The number of benzene rings is 1. The number of aliphatic hydroxyl groups excluding tert-OH is 1. The Labute approximate surface area is 105 Å². The van der Waals surface area contributed by atoms with E-state index in [1.54, 1.807) is 23.0 Å². The highest BCUT2D eigenvalue weighted by Crippen LogP contribution is 2.23. The van der Waals surface area contributed by atoms with Crippen LogP contribution in [0.15, 0.2) is 30.6 Å². The summed E-state index contributed by atoms with van der Waals surface area (Å²) in [6, 6.07) is 4.79. The summed E-state index contributed by atoms with van der Waals surface area (Å²) in [4.78, 5) is 1.89. The number of hydrogen-bond acceptors (Lipinski definition) is 3. The third kappa shape index (κ3) is 2.51. The molecule has 0 amide bonds. The van der Waals surface area contributed by atoms with Crippen molar-refractivity contribution in [2.24, 2.45) is 7.05 Å². The lowest BCUT2D eigenvalue weighted by atomic mass is 10.1.